The molecule has 0 heterocycles. The second-order valence-corrected chi connectivity index (χ2v) is 9.61. The van der Waals surface area contributed by atoms with Crippen LogP contribution >= 0.6 is 0 Å². The molecule has 0 aliphatic rings. The molecule has 214 valence electrons. The van der Waals surface area contributed by atoms with Gasteiger partial charge in [-0.3, -0.25) is 4.79 Å². The number of unbranched alkanes of at least 4 members (excludes halogenated alkanes) is 2. The summed E-state index contributed by atoms with van der Waals surface area (Å²) in [6.45, 7) is 8.89. The molecule has 0 radical (unpaired) electrons. The summed E-state index contributed by atoms with van der Waals surface area (Å²) in [7, 11) is 0. The molecule has 0 atom stereocenters. The monoisotopic (exact) mass is 547 g/mol. The second kappa shape index (κ2) is 16.2. The molecule has 3 rings (SSSR count). The summed E-state index contributed by atoms with van der Waals surface area (Å²) in [5, 5.41) is 0. The molecular formula is C33H41NO6. The Balaban J connectivity index is 1.59. The quantitative estimate of drug-likeness (QED) is 0.144. The summed E-state index contributed by atoms with van der Waals surface area (Å²) in [4.78, 5) is 27.3. The topological polar surface area (TPSA) is 74.3 Å². The molecule has 3 aromatic rings. The molecule has 0 fully saturated rings. The lowest BCUT2D eigenvalue weighted by molar-refractivity contribution is -0.145. The van der Waals surface area contributed by atoms with Crippen molar-refractivity contribution < 1.29 is 28.5 Å². The fraction of sp³-hybridized carbons (Fsp3) is 0.394. The van der Waals surface area contributed by atoms with Gasteiger partial charge in [0, 0.05) is 17.8 Å². The minimum atomic E-state index is -0.500. The third-order valence-electron chi connectivity index (χ3n) is 6.26. The van der Waals surface area contributed by atoms with Crippen molar-refractivity contribution >= 4 is 17.6 Å². The number of carbonyl (C=O) groups excluding carboxylic acids is 2. The van der Waals surface area contributed by atoms with E-state index in [1.807, 2.05) is 56.3 Å². The summed E-state index contributed by atoms with van der Waals surface area (Å²) >= 11 is 0. The summed E-state index contributed by atoms with van der Waals surface area (Å²) in [5.41, 5.74) is 2.42. The third kappa shape index (κ3) is 9.33. The number of anilines is 1. The van der Waals surface area contributed by atoms with Gasteiger partial charge < -0.3 is 23.8 Å². The fourth-order valence-electron chi connectivity index (χ4n) is 4.18. The van der Waals surface area contributed by atoms with Gasteiger partial charge in [0.2, 0.25) is 0 Å². The number of hydrogen-bond acceptors (Lipinski definition) is 6. The summed E-state index contributed by atoms with van der Waals surface area (Å²) in [5.74, 6) is 1.01. The Morgan fingerprint density at radius 2 is 1.43 bits per heavy atom. The number of rotatable bonds is 16. The first kappa shape index (κ1) is 30.5. The Morgan fingerprint density at radius 3 is 2.05 bits per heavy atom. The molecule has 0 unspecified atom stereocenters. The SMILES string of the molecule is CCOC(=O)COc1cc(OCCCCCOc2ccc(CC)cc2)ccc1C(=O)N(c1ccccc1)C(C)C. The number of aryl methyl sites for hydroxylation is 1. The Morgan fingerprint density at radius 1 is 0.775 bits per heavy atom. The molecule has 0 N–H and O–H groups in total. The van der Waals surface area contributed by atoms with E-state index < -0.39 is 5.97 Å². The second-order valence-electron chi connectivity index (χ2n) is 9.61. The van der Waals surface area contributed by atoms with Crippen LogP contribution in [0.2, 0.25) is 0 Å². The van der Waals surface area contributed by atoms with Crippen molar-refractivity contribution in [2.75, 3.05) is 31.3 Å². The van der Waals surface area contributed by atoms with Crippen LogP contribution < -0.4 is 19.1 Å². The zero-order chi connectivity index (χ0) is 28.7. The number of carbonyl (C=O) groups is 2. The Kier molecular flexibility index (Phi) is 12.4. The number of benzene rings is 3. The molecule has 0 saturated heterocycles. The van der Waals surface area contributed by atoms with Crippen LogP contribution in [0.1, 0.15) is 62.9 Å². The van der Waals surface area contributed by atoms with Crippen LogP contribution in [-0.4, -0.2) is 44.3 Å². The average Bonchev–Trinajstić information content (AvgIpc) is 2.96. The van der Waals surface area contributed by atoms with Gasteiger partial charge in [0.25, 0.3) is 5.91 Å². The van der Waals surface area contributed by atoms with Gasteiger partial charge >= 0.3 is 5.97 Å². The molecule has 0 bridgehead atoms. The lowest BCUT2D eigenvalue weighted by atomic mass is 10.1. The number of nitrogens with zero attached hydrogens (tertiary/aromatic N) is 1. The van der Waals surface area contributed by atoms with Crippen molar-refractivity contribution in [2.24, 2.45) is 0 Å². The zero-order valence-corrected chi connectivity index (χ0v) is 24.1. The van der Waals surface area contributed by atoms with E-state index in [1.165, 1.54) is 5.56 Å². The third-order valence-corrected chi connectivity index (χ3v) is 6.26. The molecule has 1 amide bonds. The molecule has 0 spiro atoms. The van der Waals surface area contributed by atoms with E-state index in [9.17, 15) is 9.59 Å². The van der Waals surface area contributed by atoms with Crippen LogP contribution in [-0.2, 0) is 16.0 Å². The zero-order valence-electron chi connectivity index (χ0n) is 24.1. The largest absolute Gasteiger partial charge is 0.494 e. The van der Waals surface area contributed by atoms with Gasteiger partial charge in [-0.15, -0.1) is 0 Å². The first-order valence-corrected chi connectivity index (χ1v) is 14.1. The van der Waals surface area contributed by atoms with Crippen LogP contribution in [0.4, 0.5) is 5.69 Å². The van der Waals surface area contributed by atoms with Gasteiger partial charge in [-0.25, -0.2) is 4.79 Å². The number of amides is 1. The van der Waals surface area contributed by atoms with Crippen molar-refractivity contribution in [3.8, 4) is 17.2 Å². The molecular weight excluding hydrogens is 506 g/mol. The fourth-order valence-corrected chi connectivity index (χ4v) is 4.18. The first-order valence-electron chi connectivity index (χ1n) is 14.1. The van der Waals surface area contributed by atoms with E-state index in [0.29, 0.717) is 24.5 Å². The predicted molar refractivity (Wildman–Crippen MR) is 158 cm³/mol. The molecule has 0 aliphatic carbocycles. The molecule has 0 aromatic heterocycles. The molecule has 7 nitrogen and oxygen atoms in total. The summed E-state index contributed by atoms with van der Waals surface area (Å²) in [6, 6.07) is 22.7. The maximum absolute atomic E-state index is 13.7. The van der Waals surface area contributed by atoms with Gasteiger partial charge in [0.1, 0.15) is 17.2 Å². The van der Waals surface area contributed by atoms with E-state index in [2.05, 4.69) is 19.1 Å². The van der Waals surface area contributed by atoms with Crippen molar-refractivity contribution in [3.05, 3.63) is 83.9 Å². The van der Waals surface area contributed by atoms with E-state index >= 15 is 0 Å². The molecule has 7 heteroatoms. The van der Waals surface area contributed by atoms with Crippen LogP contribution in [0.5, 0.6) is 17.2 Å². The Labute approximate surface area is 238 Å². The molecule has 0 aliphatic heterocycles. The first-order chi connectivity index (χ1) is 19.4. The summed E-state index contributed by atoms with van der Waals surface area (Å²) in [6.07, 6.45) is 3.75. The normalized spacial score (nSPS) is 10.7. The maximum atomic E-state index is 13.7. The highest BCUT2D eigenvalue weighted by molar-refractivity contribution is 6.08. The van der Waals surface area contributed by atoms with E-state index in [-0.39, 0.29) is 30.9 Å². The van der Waals surface area contributed by atoms with Crippen molar-refractivity contribution in [3.63, 3.8) is 0 Å². The van der Waals surface area contributed by atoms with Gasteiger partial charge in [-0.1, -0.05) is 37.3 Å². The van der Waals surface area contributed by atoms with Gasteiger partial charge in [0.05, 0.1) is 25.4 Å². The van der Waals surface area contributed by atoms with Crippen LogP contribution in [0.15, 0.2) is 72.8 Å². The number of ether oxygens (including phenoxy) is 4. The van der Waals surface area contributed by atoms with Crippen molar-refractivity contribution in [2.45, 2.75) is 59.4 Å². The van der Waals surface area contributed by atoms with E-state index in [0.717, 1.165) is 37.1 Å². The number of hydrogen-bond donors (Lipinski definition) is 0. The maximum Gasteiger partial charge on any atom is 0.344 e. The van der Waals surface area contributed by atoms with Crippen LogP contribution in [0.3, 0.4) is 0 Å². The minimum Gasteiger partial charge on any atom is -0.494 e. The van der Waals surface area contributed by atoms with Crippen LogP contribution in [0.25, 0.3) is 0 Å². The van der Waals surface area contributed by atoms with E-state index in [4.69, 9.17) is 18.9 Å². The minimum absolute atomic E-state index is 0.0941. The lowest BCUT2D eigenvalue weighted by Crippen LogP contribution is -2.37. The number of para-hydroxylation sites is 1. The summed E-state index contributed by atoms with van der Waals surface area (Å²) < 4.78 is 22.6. The Hall–Kier alpha value is -4.00. The average molecular weight is 548 g/mol. The highest BCUT2D eigenvalue weighted by atomic mass is 16.6. The number of esters is 1. The molecule has 3 aromatic carbocycles. The Bertz CT molecular complexity index is 1190. The lowest BCUT2D eigenvalue weighted by Gasteiger charge is -2.28. The predicted octanol–water partition coefficient (Wildman–Crippen LogP) is 6.87. The highest BCUT2D eigenvalue weighted by Crippen LogP contribution is 2.29. The molecule has 40 heavy (non-hydrogen) atoms. The highest BCUT2D eigenvalue weighted by Gasteiger charge is 2.24. The van der Waals surface area contributed by atoms with Gasteiger partial charge in [-0.2, -0.15) is 0 Å². The van der Waals surface area contributed by atoms with Gasteiger partial charge in [-0.05, 0) is 88.4 Å². The van der Waals surface area contributed by atoms with Gasteiger partial charge in [0.15, 0.2) is 6.61 Å². The van der Waals surface area contributed by atoms with Crippen LogP contribution in [0, 0.1) is 0 Å². The molecule has 0 saturated carbocycles. The standard InChI is InChI=1S/C33H41NO6/c1-5-26-15-17-28(18-16-26)38-21-11-8-12-22-39-29-19-20-30(31(23-29)40-24-32(35)37-6-2)33(36)34(25(3)4)27-13-9-7-10-14-27/h7,9-10,13-20,23,25H,5-6,8,11-12,21-22,24H2,1-4H3. The smallest absolute Gasteiger partial charge is 0.344 e. The van der Waals surface area contributed by atoms with Crippen molar-refractivity contribution in [1.29, 1.82) is 0 Å². The van der Waals surface area contributed by atoms with E-state index in [1.54, 1.807) is 30.0 Å². The van der Waals surface area contributed by atoms with Crippen molar-refractivity contribution in [1.82, 2.24) is 0 Å².